The average molecular weight is 305 g/mol. The quantitative estimate of drug-likeness (QED) is 0.398. The van der Waals surface area contributed by atoms with Crippen molar-refractivity contribution in [1.82, 2.24) is 4.98 Å². The van der Waals surface area contributed by atoms with Crippen LogP contribution in [-0.2, 0) is 19.1 Å². The Kier molecular flexibility index (Phi) is 8.57. The second kappa shape index (κ2) is 10.5. The molecule has 0 saturated carbocycles. The fourth-order valence-electron chi connectivity index (χ4n) is 1.95. The van der Waals surface area contributed by atoms with Crippen LogP contribution in [0.15, 0.2) is 30.6 Å². The van der Waals surface area contributed by atoms with Crippen LogP contribution in [0, 0.1) is 5.92 Å². The van der Waals surface area contributed by atoms with Crippen LogP contribution in [-0.4, -0.2) is 30.1 Å². The number of hydrogen-bond acceptors (Lipinski definition) is 5. The Morgan fingerprint density at radius 3 is 2.45 bits per heavy atom. The van der Waals surface area contributed by atoms with Gasteiger partial charge in [-0.25, -0.2) is 0 Å². The number of aromatic nitrogens is 1. The molecule has 0 aliphatic rings. The van der Waals surface area contributed by atoms with Crippen LogP contribution in [0.2, 0.25) is 0 Å². The fraction of sp³-hybridized carbons (Fsp3) is 0.471. The standard InChI is InChI=1S/C17H23NO4/c1-3-21-16(19)15(17(20)22-4-2)11-7-5-6-9-14-10-8-12-18-13-14/h6,8-10,12-13,15H,3-5,7,11H2,1-2H3. The van der Waals surface area contributed by atoms with Gasteiger partial charge in [0.15, 0.2) is 5.92 Å². The molecule has 0 spiro atoms. The van der Waals surface area contributed by atoms with E-state index in [1.54, 1.807) is 26.2 Å². The molecule has 0 aromatic carbocycles. The minimum Gasteiger partial charge on any atom is -0.465 e. The van der Waals surface area contributed by atoms with Gasteiger partial charge in [0, 0.05) is 12.4 Å². The van der Waals surface area contributed by atoms with Gasteiger partial charge in [0.25, 0.3) is 0 Å². The zero-order valence-electron chi connectivity index (χ0n) is 13.2. The summed E-state index contributed by atoms with van der Waals surface area (Å²) in [7, 11) is 0. The van der Waals surface area contributed by atoms with Crippen molar-refractivity contribution in [2.45, 2.75) is 33.1 Å². The second-order valence-corrected chi connectivity index (χ2v) is 4.68. The number of pyridine rings is 1. The summed E-state index contributed by atoms with van der Waals surface area (Å²) in [5.41, 5.74) is 1.02. The highest BCUT2D eigenvalue weighted by atomic mass is 16.6. The van der Waals surface area contributed by atoms with Crippen molar-refractivity contribution < 1.29 is 19.1 Å². The van der Waals surface area contributed by atoms with Gasteiger partial charge in [-0.2, -0.15) is 0 Å². The monoisotopic (exact) mass is 305 g/mol. The van der Waals surface area contributed by atoms with Gasteiger partial charge < -0.3 is 9.47 Å². The minimum absolute atomic E-state index is 0.260. The van der Waals surface area contributed by atoms with Gasteiger partial charge in [-0.1, -0.05) is 18.2 Å². The highest BCUT2D eigenvalue weighted by Crippen LogP contribution is 2.14. The van der Waals surface area contributed by atoms with Gasteiger partial charge in [-0.05, 0) is 44.7 Å². The van der Waals surface area contributed by atoms with Crippen LogP contribution >= 0.6 is 0 Å². The lowest BCUT2D eigenvalue weighted by Crippen LogP contribution is -2.28. The summed E-state index contributed by atoms with van der Waals surface area (Å²) in [6, 6.07) is 3.83. The number of carbonyl (C=O) groups excluding carboxylic acids is 2. The number of ether oxygens (including phenoxy) is 2. The van der Waals surface area contributed by atoms with Crippen LogP contribution < -0.4 is 0 Å². The molecule has 120 valence electrons. The SMILES string of the molecule is CCOC(=O)C(CCCC=Cc1cccnc1)C(=O)OCC. The number of carbonyl (C=O) groups is 2. The maximum Gasteiger partial charge on any atom is 0.320 e. The summed E-state index contributed by atoms with van der Waals surface area (Å²) in [4.78, 5) is 27.6. The Balaban J connectivity index is 2.44. The average Bonchev–Trinajstić information content (AvgIpc) is 2.52. The predicted octanol–water partition coefficient (Wildman–Crippen LogP) is 3.01. The van der Waals surface area contributed by atoms with Crippen LogP contribution in [0.25, 0.3) is 6.08 Å². The molecule has 0 fully saturated rings. The molecular weight excluding hydrogens is 282 g/mol. The molecule has 0 atom stereocenters. The lowest BCUT2D eigenvalue weighted by atomic mass is 10.0. The molecule has 1 rings (SSSR count). The van der Waals surface area contributed by atoms with Crippen molar-refractivity contribution >= 4 is 18.0 Å². The normalized spacial score (nSPS) is 10.9. The summed E-state index contributed by atoms with van der Waals surface area (Å²) in [5, 5.41) is 0. The molecule has 1 heterocycles. The van der Waals surface area contributed by atoms with E-state index in [2.05, 4.69) is 4.98 Å². The zero-order valence-corrected chi connectivity index (χ0v) is 13.2. The van der Waals surface area contributed by atoms with Gasteiger partial charge in [0.1, 0.15) is 0 Å². The molecule has 0 radical (unpaired) electrons. The smallest absolute Gasteiger partial charge is 0.320 e. The zero-order chi connectivity index (χ0) is 16.2. The third-order valence-corrected chi connectivity index (χ3v) is 3.00. The van der Waals surface area contributed by atoms with E-state index in [0.717, 1.165) is 12.0 Å². The number of rotatable bonds is 9. The third-order valence-electron chi connectivity index (χ3n) is 3.00. The van der Waals surface area contributed by atoms with Crippen LogP contribution in [0.4, 0.5) is 0 Å². The molecule has 22 heavy (non-hydrogen) atoms. The first kappa shape index (κ1) is 17.9. The van der Waals surface area contributed by atoms with Crippen molar-refractivity contribution in [2.24, 2.45) is 5.92 Å². The number of hydrogen-bond donors (Lipinski definition) is 0. The van der Waals surface area contributed by atoms with E-state index in [4.69, 9.17) is 9.47 Å². The van der Waals surface area contributed by atoms with Crippen molar-refractivity contribution in [1.29, 1.82) is 0 Å². The van der Waals surface area contributed by atoms with Gasteiger partial charge in [-0.3, -0.25) is 14.6 Å². The Labute approximate surface area is 131 Å². The van der Waals surface area contributed by atoms with Gasteiger partial charge in [0.2, 0.25) is 0 Å². The Morgan fingerprint density at radius 1 is 1.23 bits per heavy atom. The number of allylic oxidation sites excluding steroid dienone is 1. The van der Waals surface area contributed by atoms with E-state index in [1.807, 2.05) is 24.3 Å². The highest BCUT2D eigenvalue weighted by molar-refractivity contribution is 5.94. The molecule has 5 nitrogen and oxygen atoms in total. The minimum atomic E-state index is -0.827. The maximum atomic E-state index is 11.8. The molecule has 0 amide bonds. The van der Waals surface area contributed by atoms with Gasteiger partial charge in [0.05, 0.1) is 13.2 Å². The topological polar surface area (TPSA) is 65.5 Å². The van der Waals surface area contributed by atoms with Crippen LogP contribution in [0.3, 0.4) is 0 Å². The first-order valence-corrected chi connectivity index (χ1v) is 7.58. The van der Waals surface area contributed by atoms with E-state index in [0.29, 0.717) is 12.8 Å². The largest absolute Gasteiger partial charge is 0.465 e. The van der Waals surface area contributed by atoms with Crippen molar-refractivity contribution in [3.05, 3.63) is 36.2 Å². The molecule has 0 N–H and O–H groups in total. The van der Waals surface area contributed by atoms with E-state index in [1.165, 1.54) is 0 Å². The summed E-state index contributed by atoms with van der Waals surface area (Å²) in [5.74, 6) is -1.83. The van der Waals surface area contributed by atoms with E-state index < -0.39 is 17.9 Å². The fourth-order valence-corrected chi connectivity index (χ4v) is 1.95. The van der Waals surface area contributed by atoms with Crippen molar-refractivity contribution in [3.8, 4) is 0 Å². The summed E-state index contributed by atoms with van der Waals surface area (Å²) in [6.45, 7) is 3.96. The maximum absolute atomic E-state index is 11.8. The molecule has 1 aromatic rings. The summed E-state index contributed by atoms with van der Waals surface area (Å²) in [6.07, 6.45) is 9.37. The van der Waals surface area contributed by atoms with Gasteiger partial charge in [-0.15, -0.1) is 0 Å². The molecule has 5 heteroatoms. The first-order valence-electron chi connectivity index (χ1n) is 7.58. The number of unbranched alkanes of at least 4 members (excludes halogenated alkanes) is 1. The van der Waals surface area contributed by atoms with E-state index >= 15 is 0 Å². The highest BCUT2D eigenvalue weighted by Gasteiger charge is 2.28. The molecule has 0 bridgehead atoms. The lowest BCUT2D eigenvalue weighted by molar-refractivity contribution is -0.161. The number of esters is 2. The first-order chi connectivity index (χ1) is 10.7. The molecule has 0 unspecified atom stereocenters. The Morgan fingerprint density at radius 2 is 1.91 bits per heavy atom. The van der Waals surface area contributed by atoms with Crippen LogP contribution in [0.5, 0.6) is 0 Å². The number of nitrogens with zero attached hydrogens (tertiary/aromatic N) is 1. The van der Waals surface area contributed by atoms with Crippen LogP contribution in [0.1, 0.15) is 38.7 Å². The summed E-state index contributed by atoms with van der Waals surface area (Å²) >= 11 is 0. The molecule has 0 aliphatic carbocycles. The second-order valence-electron chi connectivity index (χ2n) is 4.68. The molecule has 1 aromatic heterocycles. The summed E-state index contributed by atoms with van der Waals surface area (Å²) < 4.78 is 9.86. The Hall–Kier alpha value is -2.17. The third kappa shape index (κ3) is 6.52. The van der Waals surface area contributed by atoms with E-state index in [-0.39, 0.29) is 13.2 Å². The Bertz CT molecular complexity index is 467. The van der Waals surface area contributed by atoms with Gasteiger partial charge >= 0.3 is 11.9 Å². The van der Waals surface area contributed by atoms with Crippen molar-refractivity contribution in [2.75, 3.05) is 13.2 Å². The van der Waals surface area contributed by atoms with Crippen molar-refractivity contribution in [3.63, 3.8) is 0 Å². The molecular formula is C17H23NO4. The predicted molar refractivity (Wildman–Crippen MR) is 83.9 cm³/mol. The molecule has 0 saturated heterocycles. The molecule has 0 aliphatic heterocycles. The lowest BCUT2D eigenvalue weighted by Gasteiger charge is -2.13. The van der Waals surface area contributed by atoms with E-state index in [9.17, 15) is 9.59 Å².